The molecule has 0 aliphatic carbocycles. The molecule has 0 fully saturated rings. The minimum Gasteiger partial charge on any atom is -0.242 e. The fraction of sp³-hybridized carbons (Fsp3) is 1.00. The van der Waals surface area contributed by atoms with E-state index in [0.717, 1.165) is 18.4 Å². The van der Waals surface area contributed by atoms with E-state index in [4.69, 9.17) is 0 Å². The van der Waals surface area contributed by atoms with Crippen LogP contribution in [0.3, 0.4) is 0 Å². The Morgan fingerprint density at radius 1 is 1.57 bits per heavy atom. The summed E-state index contributed by atoms with van der Waals surface area (Å²) in [5.74, 6) is 0. The molecule has 1 nitrogen and oxygen atoms in total. The Labute approximate surface area is 53.6 Å². The maximum absolute atomic E-state index is 4.13. The summed E-state index contributed by atoms with van der Waals surface area (Å²) in [6.45, 7) is 4.04. The second-order valence-corrected chi connectivity index (χ2v) is 2.10. The highest BCUT2D eigenvalue weighted by Gasteiger charge is 1.80. The molecule has 7 heavy (non-hydrogen) atoms. The minimum absolute atomic E-state index is 0.965. The summed E-state index contributed by atoms with van der Waals surface area (Å²) < 4.78 is 0. The molecule has 0 aliphatic rings. The quantitative estimate of drug-likeness (QED) is 0.441. The molecular formula is C5H11BrN. The Morgan fingerprint density at radius 3 is 2.71 bits per heavy atom. The van der Waals surface area contributed by atoms with Crippen molar-refractivity contribution < 1.29 is 0 Å². The van der Waals surface area contributed by atoms with E-state index in [1.165, 1.54) is 6.42 Å². The second-order valence-electron chi connectivity index (χ2n) is 1.31. The third-order valence-corrected chi connectivity index (χ3v) is 1.23. The number of rotatable bonds is 4. The second kappa shape index (κ2) is 6.44. The van der Waals surface area contributed by atoms with Crippen LogP contribution in [-0.2, 0) is 0 Å². The molecule has 0 unspecified atom stereocenters. The molecule has 0 amide bonds. The van der Waals surface area contributed by atoms with Crippen LogP contribution in [0.2, 0.25) is 0 Å². The van der Waals surface area contributed by atoms with Gasteiger partial charge in [-0.05, 0) is 6.42 Å². The van der Waals surface area contributed by atoms with Crippen LogP contribution in [0.1, 0.15) is 13.3 Å². The first kappa shape index (κ1) is 7.44. The van der Waals surface area contributed by atoms with Crippen LogP contribution in [-0.4, -0.2) is 18.4 Å². The summed E-state index contributed by atoms with van der Waals surface area (Å²) in [4.78, 5) is 0. The van der Waals surface area contributed by atoms with Crippen molar-refractivity contribution in [3.05, 3.63) is 0 Å². The molecule has 1 radical (unpaired) electrons. The van der Waals surface area contributed by atoms with Crippen LogP contribution in [0.15, 0.2) is 0 Å². The highest BCUT2D eigenvalue weighted by atomic mass is 79.9. The number of hydrogen-bond acceptors (Lipinski definition) is 0. The maximum atomic E-state index is 4.13. The van der Waals surface area contributed by atoms with Crippen LogP contribution >= 0.6 is 15.9 Å². The van der Waals surface area contributed by atoms with Crippen LogP contribution in [0, 0.1) is 0 Å². The minimum atomic E-state index is 0.965. The zero-order valence-corrected chi connectivity index (χ0v) is 6.24. The highest BCUT2D eigenvalue weighted by Crippen LogP contribution is 1.83. The van der Waals surface area contributed by atoms with Gasteiger partial charge in [-0.1, -0.05) is 22.9 Å². The van der Waals surface area contributed by atoms with Gasteiger partial charge in [0.15, 0.2) is 0 Å². The molecule has 0 aromatic heterocycles. The van der Waals surface area contributed by atoms with E-state index in [-0.39, 0.29) is 0 Å². The predicted molar refractivity (Wildman–Crippen MR) is 36.0 cm³/mol. The molecule has 0 saturated heterocycles. The van der Waals surface area contributed by atoms with E-state index in [1.807, 2.05) is 0 Å². The molecule has 0 saturated carbocycles. The monoisotopic (exact) mass is 164 g/mol. The average molecular weight is 165 g/mol. The first-order valence-electron chi connectivity index (χ1n) is 2.61. The summed E-state index contributed by atoms with van der Waals surface area (Å²) in [7, 11) is 0. The summed E-state index contributed by atoms with van der Waals surface area (Å²) in [6, 6.07) is 0. The first-order chi connectivity index (χ1) is 3.41. The highest BCUT2D eigenvalue weighted by molar-refractivity contribution is 9.09. The summed E-state index contributed by atoms with van der Waals surface area (Å²) >= 11 is 3.32. The van der Waals surface area contributed by atoms with Crippen molar-refractivity contribution in [3.8, 4) is 0 Å². The lowest BCUT2D eigenvalue weighted by Gasteiger charge is -1.91. The summed E-state index contributed by atoms with van der Waals surface area (Å²) in [5, 5.41) is 5.21. The van der Waals surface area contributed by atoms with Crippen molar-refractivity contribution in [2.45, 2.75) is 13.3 Å². The van der Waals surface area contributed by atoms with Crippen LogP contribution < -0.4 is 5.32 Å². The third kappa shape index (κ3) is 6.44. The van der Waals surface area contributed by atoms with E-state index in [1.54, 1.807) is 0 Å². The molecule has 0 N–H and O–H groups in total. The van der Waals surface area contributed by atoms with Gasteiger partial charge >= 0.3 is 0 Å². The number of alkyl halides is 1. The molecule has 2 heteroatoms. The van der Waals surface area contributed by atoms with Gasteiger partial charge in [0.05, 0.1) is 0 Å². The molecule has 0 aromatic carbocycles. The SMILES string of the molecule is CC[N]CCCBr. The Morgan fingerprint density at radius 2 is 2.29 bits per heavy atom. The maximum Gasteiger partial charge on any atom is 0.0141 e. The van der Waals surface area contributed by atoms with Crippen molar-refractivity contribution >= 4 is 15.9 Å². The van der Waals surface area contributed by atoms with Gasteiger partial charge in [-0.3, -0.25) is 0 Å². The zero-order chi connectivity index (χ0) is 5.54. The standard InChI is InChI=1S/C5H11BrN/c1-2-7-5-3-4-6/h2-5H2,1H3. The number of nitrogens with zero attached hydrogens (tertiary/aromatic N) is 1. The molecule has 43 valence electrons. The van der Waals surface area contributed by atoms with Crippen LogP contribution in [0.25, 0.3) is 0 Å². The van der Waals surface area contributed by atoms with E-state index >= 15 is 0 Å². The molecule has 0 heterocycles. The Hall–Kier alpha value is 0.440. The zero-order valence-electron chi connectivity index (χ0n) is 4.65. The van der Waals surface area contributed by atoms with Crippen molar-refractivity contribution in [2.24, 2.45) is 0 Å². The average Bonchev–Trinajstić information content (AvgIpc) is 1.69. The first-order valence-corrected chi connectivity index (χ1v) is 3.73. The van der Waals surface area contributed by atoms with Gasteiger partial charge < -0.3 is 0 Å². The smallest absolute Gasteiger partial charge is 0.0141 e. The van der Waals surface area contributed by atoms with Gasteiger partial charge in [0.1, 0.15) is 0 Å². The van der Waals surface area contributed by atoms with Gasteiger partial charge in [0.25, 0.3) is 0 Å². The largest absolute Gasteiger partial charge is 0.242 e. The summed E-state index contributed by atoms with van der Waals surface area (Å²) in [6.07, 6.45) is 1.17. The number of halogens is 1. The summed E-state index contributed by atoms with van der Waals surface area (Å²) in [5.41, 5.74) is 0. The molecule has 0 atom stereocenters. The van der Waals surface area contributed by atoms with Gasteiger partial charge in [0, 0.05) is 18.4 Å². The molecule has 0 aromatic rings. The van der Waals surface area contributed by atoms with Crippen LogP contribution in [0.4, 0.5) is 0 Å². The van der Waals surface area contributed by atoms with Crippen molar-refractivity contribution in [1.82, 2.24) is 5.32 Å². The van der Waals surface area contributed by atoms with Crippen molar-refractivity contribution in [2.75, 3.05) is 18.4 Å². The van der Waals surface area contributed by atoms with E-state index in [0.29, 0.717) is 0 Å². The van der Waals surface area contributed by atoms with E-state index in [2.05, 4.69) is 28.2 Å². The lowest BCUT2D eigenvalue weighted by atomic mass is 10.5. The van der Waals surface area contributed by atoms with Gasteiger partial charge in [-0.15, -0.1) is 0 Å². The van der Waals surface area contributed by atoms with Gasteiger partial charge in [-0.25, -0.2) is 5.32 Å². The van der Waals surface area contributed by atoms with Gasteiger partial charge in [-0.2, -0.15) is 0 Å². The topological polar surface area (TPSA) is 14.1 Å². The van der Waals surface area contributed by atoms with Crippen LogP contribution in [0.5, 0.6) is 0 Å². The Balaban J connectivity index is 2.45. The van der Waals surface area contributed by atoms with E-state index in [9.17, 15) is 0 Å². The van der Waals surface area contributed by atoms with E-state index < -0.39 is 0 Å². The van der Waals surface area contributed by atoms with Crippen molar-refractivity contribution in [1.29, 1.82) is 0 Å². The third-order valence-electron chi connectivity index (χ3n) is 0.673. The molecular weight excluding hydrogens is 154 g/mol. The fourth-order valence-electron chi connectivity index (χ4n) is 0.330. The molecule has 0 bridgehead atoms. The number of hydrogen-bond donors (Lipinski definition) is 0. The normalized spacial score (nSPS) is 9.43. The lowest BCUT2D eigenvalue weighted by molar-refractivity contribution is 0.694. The predicted octanol–water partition coefficient (Wildman–Crippen LogP) is 1.40. The molecule has 0 rings (SSSR count). The Bertz CT molecular complexity index is 27.3. The van der Waals surface area contributed by atoms with Crippen molar-refractivity contribution in [3.63, 3.8) is 0 Å². The Kier molecular flexibility index (Phi) is 6.84. The molecule has 0 aliphatic heterocycles. The fourth-order valence-corrected chi connectivity index (χ4v) is 0.580. The molecule has 0 spiro atoms. The lowest BCUT2D eigenvalue weighted by Crippen LogP contribution is -2.05. The van der Waals surface area contributed by atoms with Gasteiger partial charge in [0.2, 0.25) is 0 Å².